The van der Waals surface area contributed by atoms with Gasteiger partial charge in [-0.05, 0) is 6.92 Å². The Hall–Kier alpha value is -1.12. The molecule has 1 N–H and O–H groups in total. The van der Waals surface area contributed by atoms with Crippen molar-refractivity contribution in [3.05, 3.63) is 21.6 Å². The summed E-state index contributed by atoms with van der Waals surface area (Å²) in [6.45, 7) is 2.35. The molecular weight excluding hydrogens is 292 g/mol. The highest BCUT2D eigenvalue weighted by molar-refractivity contribution is 7.89. The molecule has 0 aliphatic carbocycles. The van der Waals surface area contributed by atoms with Crippen molar-refractivity contribution in [2.24, 2.45) is 0 Å². The van der Waals surface area contributed by atoms with Crippen LogP contribution in [-0.2, 0) is 16.6 Å². The molecule has 1 aromatic heterocycles. The highest BCUT2D eigenvalue weighted by Crippen LogP contribution is 2.14. The van der Waals surface area contributed by atoms with Crippen molar-refractivity contribution in [3.63, 3.8) is 0 Å². The van der Waals surface area contributed by atoms with E-state index in [1.54, 1.807) is 6.92 Å². The summed E-state index contributed by atoms with van der Waals surface area (Å²) in [6, 6.07) is 0. The van der Waals surface area contributed by atoms with Gasteiger partial charge in [0.2, 0.25) is 10.0 Å². The van der Waals surface area contributed by atoms with Gasteiger partial charge < -0.3 is 5.32 Å². The van der Waals surface area contributed by atoms with Crippen molar-refractivity contribution >= 4 is 27.3 Å². The lowest BCUT2D eigenvalue weighted by Gasteiger charge is -2.12. The van der Waals surface area contributed by atoms with Gasteiger partial charge in [-0.1, -0.05) is 11.6 Å². The van der Waals surface area contributed by atoms with Gasteiger partial charge in [-0.25, -0.2) is 17.4 Å². The summed E-state index contributed by atoms with van der Waals surface area (Å²) in [5, 5.41) is 6.72. The van der Waals surface area contributed by atoms with Gasteiger partial charge in [-0.2, -0.15) is 5.10 Å². The molecule has 1 heterocycles. The largest absolute Gasteiger partial charge is 0.381 e. The Kier molecular flexibility index (Phi) is 5.33. The molecule has 0 radical (unpaired) electrons. The monoisotopic (exact) mass is 308 g/mol. The quantitative estimate of drug-likeness (QED) is 0.812. The van der Waals surface area contributed by atoms with E-state index in [4.69, 9.17) is 11.6 Å². The van der Waals surface area contributed by atoms with E-state index in [1.165, 1.54) is 25.0 Å². The van der Waals surface area contributed by atoms with Gasteiger partial charge in [0.1, 0.15) is 5.02 Å². The average molecular weight is 309 g/mol. The summed E-state index contributed by atoms with van der Waals surface area (Å²) < 4.78 is 25.5. The molecule has 0 fully saturated rings. The van der Waals surface area contributed by atoms with Crippen LogP contribution in [0.4, 0.5) is 5.69 Å². The number of nitrogens with zero attached hydrogens (tertiary/aromatic N) is 3. The van der Waals surface area contributed by atoms with Crippen LogP contribution < -0.4 is 10.9 Å². The van der Waals surface area contributed by atoms with Gasteiger partial charge in [-0.3, -0.25) is 4.79 Å². The Balaban J connectivity index is 2.75. The SMILES string of the molecule is CCn1ncc(NCCS(=O)(=O)N(C)C)c(Cl)c1=O. The fraction of sp³-hybridized carbons (Fsp3) is 0.600. The van der Waals surface area contributed by atoms with Crippen LogP contribution in [0.25, 0.3) is 0 Å². The molecule has 0 unspecified atom stereocenters. The van der Waals surface area contributed by atoms with Crippen molar-refractivity contribution < 1.29 is 8.42 Å². The maximum absolute atomic E-state index is 11.7. The first-order chi connectivity index (χ1) is 8.79. The first-order valence-electron chi connectivity index (χ1n) is 5.69. The number of nitrogens with one attached hydrogen (secondary N) is 1. The van der Waals surface area contributed by atoms with Crippen LogP contribution in [0, 0.1) is 0 Å². The third-order valence-electron chi connectivity index (χ3n) is 2.52. The lowest BCUT2D eigenvalue weighted by Crippen LogP contribution is -2.29. The number of anilines is 1. The molecule has 0 saturated carbocycles. The molecule has 0 amide bonds. The molecule has 0 aliphatic rings. The van der Waals surface area contributed by atoms with Crippen LogP contribution in [0.5, 0.6) is 0 Å². The molecule has 9 heteroatoms. The Labute approximate surface area is 117 Å². The van der Waals surface area contributed by atoms with E-state index < -0.39 is 15.6 Å². The predicted octanol–water partition coefficient (Wildman–Crippen LogP) is 0.220. The van der Waals surface area contributed by atoms with E-state index in [1.807, 2.05) is 0 Å². The molecule has 19 heavy (non-hydrogen) atoms. The second kappa shape index (κ2) is 6.36. The lowest BCUT2D eigenvalue weighted by atomic mass is 10.4. The van der Waals surface area contributed by atoms with Crippen LogP contribution >= 0.6 is 11.6 Å². The van der Waals surface area contributed by atoms with E-state index in [-0.39, 0.29) is 17.3 Å². The lowest BCUT2D eigenvalue weighted by molar-refractivity contribution is 0.521. The Bertz CT molecular complexity index is 597. The van der Waals surface area contributed by atoms with Crippen molar-refractivity contribution in [1.29, 1.82) is 0 Å². The molecule has 0 spiro atoms. The van der Waals surface area contributed by atoms with Crippen molar-refractivity contribution in [3.8, 4) is 0 Å². The van der Waals surface area contributed by atoms with Gasteiger partial charge >= 0.3 is 0 Å². The summed E-state index contributed by atoms with van der Waals surface area (Å²) in [5.41, 5.74) is -0.0602. The first-order valence-corrected chi connectivity index (χ1v) is 7.68. The summed E-state index contributed by atoms with van der Waals surface area (Å²) in [4.78, 5) is 11.7. The van der Waals surface area contributed by atoms with Gasteiger partial charge in [0.05, 0.1) is 17.6 Å². The van der Waals surface area contributed by atoms with Gasteiger partial charge in [0, 0.05) is 27.2 Å². The van der Waals surface area contributed by atoms with E-state index in [9.17, 15) is 13.2 Å². The summed E-state index contributed by atoms with van der Waals surface area (Å²) >= 11 is 5.89. The molecule has 7 nitrogen and oxygen atoms in total. The molecule has 0 bridgehead atoms. The highest BCUT2D eigenvalue weighted by atomic mass is 35.5. The Morgan fingerprint density at radius 2 is 2.11 bits per heavy atom. The number of halogens is 1. The van der Waals surface area contributed by atoms with Crippen molar-refractivity contribution in [2.45, 2.75) is 13.5 Å². The van der Waals surface area contributed by atoms with Crippen molar-refractivity contribution in [2.75, 3.05) is 31.7 Å². The maximum Gasteiger partial charge on any atom is 0.287 e. The normalized spacial score (nSPS) is 11.8. The zero-order chi connectivity index (χ0) is 14.6. The van der Waals surface area contributed by atoms with E-state index >= 15 is 0 Å². The smallest absolute Gasteiger partial charge is 0.287 e. The van der Waals surface area contributed by atoms with E-state index in [0.717, 1.165) is 4.31 Å². The second-order valence-electron chi connectivity index (χ2n) is 4.02. The van der Waals surface area contributed by atoms with Crippen LogP contribution in [0.15, 0.2) is 11.0 Å². The van der Waals surface area contributed by atoms with Crippen molar-refractivity contribution in [1.82, 2.24) is 14.1 Å². The van der Waals surface area contributed by atoms with Gasteiger partial charge in [-0.15, -0.1) is 0 Å². The topological polar surface area (TPSA) is 84.3 Å². The highest BCUT2D eigenvalue weighted by Gasteiger charge is 2.14. The third kappa shape index (κ3) is 3.92. The van der Waals surface area contributed by atoms with Crippen LogP contribution in [0.1, 0.15) is 6.92 Å². The van der Waals surface area contributed by atoms with Crippen LogP contribution in [0.3, 0.4) is 0 Å². The number of aromatic nitrogens is 2. The van der Waals surface area contributed by atoms with E-state index in [0.29, 0.717) is 12.2 Å². The average Bonchev–Trinajstić information content (AvgIpc) is 2.34. The number of hydrogen-bond acceptors (Lipinski definition) is 5. The summed E-state index contributed by atoms with van der Waals surface area (Å²) in [6.07, 6.45) is 1.41. The molecule has 1 aromatic rings. The van der Waals surface area contributed by atoms with Crippen LogP contribution in [-0.4, -0.2) is 48.9 Å². The molecular formula is C10H17ClN4O3S. The number of sulfonamides is 1. The summed E-state index contributed by atoms with van der Waals surface area (Å²) in [7, 11) is -0.351. The Morgan fingerprint density at radius 1 is 1.47 bits per heavy atom. The molecule has 0 atom stereocenters. The fourth-order valence-corrected chi connectivity index (χ4v) is 2.25. The standard InChI is InChI=1S/C10H17ClN4O3S/c1-4-15-10(16)9(11)8(7-13-15)12-5-6-19(17,18)14(2)3/h7,12H,4-6H2,1-3H3. The van der Waals surface area contributed by atoms with Gasteiger partial charge in [0.15, 0.2) is 0 Å². The second-order valence-corrected chi connectivity index (χ2v) is 6.70. The molecule has 108 valence electrons. The number of rotatable bonds is 6. The minimum atomic E-state index is -3.28. The molecule has 1 rings (SSSR count). The minimum absolute atomic E-state index is 0.0131. The first kappa shape index (κ1) is 15.9. The zero-order valence-electron chi connectivity index (χ0n) is 11.1. The zero-order valence-corrected chi connectivity index (χ0v) is 12.6. The minimum Gasteiger partial charge on any atom is -0.381 e. The fourth-order valence-electron chi connectivity index (χ4n) is 1.31. The molecule has 0 aromatic carbocycles. The predicted molar refractivity (Wildman–Crippen MR) is 75.1 cm³/mol. The van der Waals surface area contributed by atoms with E-state index in [2.05, 4.69) is 10.4 Å². The van der Waals surface area contributed by atoms with Crippen LogP contribution in [0.2, 0.25) is 5.02 Å². The van der Waals surface area contributed by atoms with Gasteiger partial charge in [0.25, 0.3) is 5.56 Å². The third-order valence-corrected chi connectivity index (χ3v) is 4.71. The summed E-state index contributed by atoms with van der Waals surface area (Å²) in [5.74, 6) is -0.0901. The maximum atomic E-state index is 11.7. The number of hydrogen-bond donors (Lipinski definition) is 1. The number of aryl methyl sites for hydroxylation is 1. The Morgan fingerprint density at radius 3 is 2.63 bits per heavy atom. The molecule has 0 aliphatic heterocycles. The molecule has 0 saturated heterocycles.